The van der Waals surface area contributed by atoms with Gasteiger partial charge in [-0.1, -0.05) is 23.7 Å². The van der Waals surface area contributed by atoms with Crippen LogP contribution in [0.5, 0.6) is 0 Å². The van der Waals surface area contributed by atoms with E-state index in [1.165, 1.54) is 6.07 Å². The molecule has 2 aliphatic heterocycles. The molecule has 0 saturated carbocycles. The molecule has 0 aliphatic carbocycles. The minimum absolute atomic E-state index is 0.0438. The maximum atomic E-state index is 15.5. The summed E-state index contributed by atoms with van der Waals surface area (Å²) in [7, 11) is -3.88. The third-order valence-corrected chi connectivity index (χ3v) is 9.46. The first-order valence-corrected chi connectivity index (χ1v) is 15.0. The number of anilines is 1. The number of fused-ring (bicyclic) bond motifs is 1. The average molecular weight is 598 g/mol. The third-order valence-electron chi connectivity index (χ3n) is 7.34. The lowest BCUT2D eigenvalue weighted by molar-refractivity contribution is -0.0582. The molecule has 3 aromatic rings. The summed E-state index contributed by atoms with van der Waals surface area (Å²) in [5.41, 5.74) is 6.57. The number of hydrogen-bond donors (Lipinski definition) is 1. The standard InChI is InChI=1S/C27H31ClF3N5O3S/c1-26(2,16-35-9-7-27(30,31)8-10-35)25-34-33-24(39-25)20-11-22-23(12-21(20)29)40(37,38)15-19(32)14-36(22)13-17-3-5-18(28)6-4-17/h3-6,11-12,19H,7-10,13-16,32H2,1-2H3/t19-/m1/s1. The minimum Gasteiger partial charge on any atom is -0.420 e. The summed E-state index contributed by atoms with van der Waals surface area (Å²) in [4.78, 5) is 3.56. The van der Waals surface area contributed by atoms with E-state index in [9.17, 15) is 17.2 Å². The fourth-order valence-corrected chi connectivity index (χ4v) is 7.00. The molecule has 2 aliphatic rings. The van der Waals surface area contributed by atoms with Crippen LogP contribution in [0.3, 0.4) is 0 Å². The quantitative estimate of drug-likeness (QED) is 0.437. The minimum atomic E-state index is -3.88. The highest BCUT2D eigenvalue weighted by atomic mass is 35.5. The molecule has 2 N–H and O–H groups in total. The van der Waals surface area contributed by atoms with Gasteiger partial charge in [-0.15, -0.1) is 10.2 Å². The van der Waals surface area contributed by atoms with Crippen molar-refractivity contribution in [1.82, 2.24) is 15.1 Å². The van der Waals surface area contributed by atoms with Crippen molar-refractivity contribution in [3.05, 3.63) is 58.7 Å². The Kier molecular flexibility index (Phi) is 7.66. The van der Waals surface area contributed by atoms with Crippen LogP contribution in [0.1, 0.15) is 38.1 Å². The molecule has 0 radical (unpaired) electrons. The summed E-state index contributed by atoms with van der Waals surface area (Å²) in [6, 6.07) is 8.82. The molecule has 216 valence electrons. The fourth-order valence-electron chi connectivity index (χ4n) is 5.24. The monoisotopic (exact) mass is 597 g/mol. The largest absolute Gasteiger partial charge is 0.420 e. The second-order valence-electron chi connectivity index (χ2n) is 11.3. The van der Waals surface area contributed by atoms with Crippen LogP contribution in [0.2, 0.25) is 5.02 Å². The van der Waals surface area contributed by atoms with Crippen molar-refractivity contribution in [3.63, 3.8) is 0 Å². The van der Waals surface area contributed by atoms with Gasteiger partial charge >= 0.3 is 0 Å². The molecule has 1 atom stereocenters. The molecular weight excluding hydrogens is 567 g/mol. The van der Waals surface area contributed by atoms with Crippen LogP contribution in [0.4, 0.5) is 18.9 Å². The van der Waals surface area contributed by atoms with Gasteiger partial charge in [-0.3, -0.25) is 0 Å². The third kappa shape index (κ3) is 6.14. The van der Waals surface area contributed by atoms with Crippen molar-refractivity contribution < 1.29 is 26.0 Å². The van der Waals surface area contributed by atoms with E-state index in [0.717, 1.165) is 11.6 Å². The molecule has 40 heavy (non-hydrogen) atoms. The average Bonchev–Trinajstić information content (AvgIpc) is 3.34. The van der Waals surface area contributed by atoms with Gasteiger partial charge in [0.15, 0.2) is 9.84 Å². The zero-order chi connectivity index (χ0) is 28.9. The Morgan fingerprint density at radius 1 is 1.15 bits per heavy atom. The lowest BCUT2D eigenvalue weighted by Gasteiger charge is -2.35. The van der Waals surface area contributed by atoms with Crippen LogP contribution < -0.4 is 10.6 Å². The van der Waals surface area contributed by atoms with Crippen LogP contribution in [-0.2, 0) is 21.8 Å². The van der Waals surface area contributed by atoms with Crippen LogP contribution in [0.25, 0.3) is 11.5 Å². The molecule has 1 fully saturated rings. The summed E-state index contributed by atoms with van der Waals surface area (Å²) in [5.74, 6) is -3.68. The van der Waals surface area contributed by atoms with E-state index in [1.54, 1.807) is 17.0 Å². The summed E-state index contributed by atoms with van der Waals surface area (Å²) >= 11 is 6.02. The summed E-state index contributed by atoms with van der Waals surface area (Å²) in [5, 5.41) is 8.78. The van der Waals surface area contributed by atoms with E-state index in [2.05, 4.69) is 10.2 Å². The maximum absolute atomic E-state index is 15.5. The highest BCUT2D eigenvalue weighted by Crippen LogP contribution is 2.38. The van der Waals surface area contributed by atoms with Gasteiger partial charge in [-0.25, -0.2) is 21.6 Å². The number of sulfone groups is 1. The first-order valence-electron chi connectivity index (χ1n) is 13.0. The number of nitrogens with zero attached hydrogens (tertiary/aromatic N) is 4. The number of piperidine rings is 1. The van der Waals surface area contributed by atoms with Crippen LogP contribution in [-0.4, -0.2) is 67.4 Å². The van der Waals surface area contributed by atoms with Crippen molar-refractivity contribution in [1.29, 1.82) is 0 Å². The molecule has 1 saturated heterocycles. The number of rotatable bonds is 6. The Hall–Kier alpha value is -2.67. The van der Waals surface area contributed by atoms with E-state index < -0.39 is 33.0 Å². The van der Waals surface area contributed by atoms with E-state index in [0.29, 0.717) is 18.1 Å². The highest BCUT2D eigenvalue weighted by Gasteiger charge is 2.38. The summed E-state index contributed by atoms with van der Waals surface area (Å²) in [6.07, 6.45) is -0.421. The molecule has 0 unspecified atom stereocenters. The Bertz CT molecular complexity index is 1490. The Morgan fingerprint density at radius 2 is 1.82 bits per heavy atom. The number of benzene rings is 2. The van der Waals surface area contributed by atoms with Crippen LogP contribution >= 0.6 is 11.6 Å². The molecular formula is C27H31ClF3N5O3S. The second kappa shape index (κ2) is 10.6. The topological polar surface area (TPSA) is 106 Å². The molecule has 2 aromatic carbocycles. The predicted molar refractivity (Wildman–Crippen MR) is 146 cm³/mol. The number of likely N-dealkylation sites (tertiary alicyclic amines) is 1. The Labute approximate surface area is 236 Å². The van der Waals surface area contributed by atoms with E-state index >= 15 is 4.39 Å². The second-order valence-corrected chi connectivity index (χ2v) is 13.7. The molecule has 13 heteroatoms. The molecule has 0 amide bonds. The van der Waals surface area contributed by atoms with Gasteiger partial charge in [0.25, 0.3) is 11.8 Å². The number of hydrogen-bond acceptors (Lipinski definition) is 8. The van der Waals surface area contributed by atoms with Crippen LogP contribution in [0.15, 0.2) is 45.7 Å². The van der Waals surface area contributed by atoms with Gasteiger partial charge in [0.05, 0.1) is 27.3 Å². The fraction of sp³-hybridized carbons (Fsp3) is 0.481. The Balaban J connectivity index is 1.47. The van der Waals surface area contributed by atoms with Crippen molar-refractivity contribution in [2.24, 2.45) is 5.73 Å². The van der Waals surface area contributed by atoms with Gasteiger partial charge in [0.2, 0.25) is 5.89 Å². The van der Waals surface area contributed by atoms with Crippen molar-refractivity contribution in [3.8, 4) is 11.5 Å². The van der Waals surface area contributed by atoms with Crippen LogP contribution in [0, 0.1) is 5.82 Å². The van der Waals surface area contributed by atoms with Gasteiger partial charge in [-0.2, -0.15) is 0 Å². The highest BCUT2D eigenvalue weighted by molar-refractivity contribution is 7.91. The van der Waals surface area contributed by atoms with Crippen molar-refractivity contribution in [2.75, 3.05) is 36.8 Å². The summed E-state index contributed by atoms with van der Waals surface area (Å²) < 4.78 is 74.8. The molecule has 5 rings (SSSR count). The number of nitrogens with two attached hydrogens (primary N) is 1. The lowest BCUT2D eigenvalue weighted by atomic mass is 9.91. The summed E-state index contributed by atoms with van der Waals surface area (Å²) in [6.45, 7) is 5.14. The first-order chi connectivity index (χ1) is 18.7. The molecule has 1 aromatic heterocycles. The van der Waals surface area contributed by atoms with E-state index in [-0.39, 0.29) is 66.2 Å². The lowest BCUT2D eigenvalue weighted by Crippen LogP contribution is -2.44. The zero-order valence-corrected chi connectivity index (χ0v) is 23.8. The Morgan fingerprint density at radius 3 is 2.50 bits per heavy atom. The van der Waals surface area contributed by atoms with E-state index in [1.807, 2.05) is 30.9 Å². The zero-order valence-electron chi connectivity index (χ0n) is 22.2. The van der Waals surface area contributed by atoms with Gasteiger partial charge in [0, 0.05) is 56.6 Å². The van der Waals surface area contributed by atoms with Crippen molar-refractivity contribution in [2.45, 2.75) is 55.5 Å². The van der Waals surface area contributed by atoms with Gasteiger partial charge < -0.3 is 20.0 Å². The van der Waals surface area contributed by atoms with Gasteiger partial charge in [0.1, 0.15) is 5.82 Å². The maximum Gasteiger partial charge on any atom is 0.250 e. The molecule has 8 nitrogen and oxygen atoms in total. The SMILES string of the molecule is CC(C)(CN1CCC(F)(F)CC1)c1nnc(-c2cc3c(cc2F)S(=O)(=O)C[C@H](N)CN3Cc2ccc(Cl)cc2)o1. The molecule has 0 bridgehead atoms. The van der Waals surface area contributed by atoms with E-state index in [4.69, 9.17) is 21.8 Å². The number of halogens is 4. The molecule has 3 heterocycles. The van der Waals surface area contributed by atoms with Crippen molar-refractivity contribution >= 4 is 27.1 Å². The number of aromatic nitrogens is 2. The molecule has 0 spiro atoms. The normalized spacial score (nSPS) is 21.2. The first kappa shape index (κ1) is 28.8. The smallest absolute Gasteiger partial charge is 0.250 e. The predicted octanol–water partition coefficient (Wildman–Crippen LogP) is 4.66. The van der Waals surface area contributed by atoms with Gasteiger partial charge in [-0.05, 0) is 43.7 Å². The number of alkyl halides is 2.